The Kier molecular flexibility index (Phi) is 5.25. The Bertz CT molecular complexity index is 755. The maximum Gasteiger partial charge on any atom is 0.259 e. The minimum Gasteiger partial charge on any atom is -0.381 e. The van der Waals surface area contributed by atoms with E-state index in [4.69, 9.17) is 9.26 Å². The third-order valence-electron chi connectivity index (χ3n) is 4.06. The van der Waals surface area contributed by atoms with E-state index in [0.29, 0.717) is 29.1 Å². The second-order valence-corrected chi connectivity index (χ2v) is 6.59. The average Bonchev–Trinajstić information content (AvgIpc) is 3.02. The molecule has 0 bridgehead atoms. The van der Waals surface area contributed by atoms with E-state index in [2.05, 4.69) is 35.0 Å². The van der Waals surface area contributed by atoms with Crippen LogP contribution in [-0.2, 0) is 11.2 Å². The van der Waals surface area contributed by atoms with Crippen LogP contribution in [0.25, 0.3) is 17.5 Å². The fourth-order valence-electron chi connectivity index (χ4n) is 2.79. The van der Waals surface area contributed by atoms with Crippen molar-refractivity contribution in [1.29, 1.82) is 0 Å². The highest BCUT2D eigenvalue weighted by molar-refractivity contribution is 5.54. The van der Waals surface area contributed by atoms with E-state index in [1.807, 2.05) is 12.1 Å². The molecule has 0 atom stereocenters. The molecule has 6 nitrogen and oxygen atoms in total. The van der Waals surface area contributed by atoms with Gasteiger partial charge in [0.05, 0.1) is 5.56 Å². The summed E-state index contributed by atoms with van der Waals surface area (Å²) < 4.78 is 10.6. The zero-order chi connectivity index (χ0) is 16.9. The van der Waals surface area contributed by atoms with Crippen molar-refractivity contribution in [1.82, 2.24) is 15.1 Å². The van der Waals surface area contributed by atoms with Crippen LogP contribution in [0.1, 0.15) is 38.3 Å². The predicted octanol–water partition coefficient (Wildman–Crippen LogP) is 3.06. The highest BCUT2D eigenvalue weighted by atomic mass is 16.5. The number of aromatic nitrogens is 3. The van der Waals surface area contributed by atoms with Crippen LogP contribution in [0.3, 0.4) is 0 Å². The van der Waals surface area contributed by atoms with Gasteiger partial charge in [0.25, 0.3) is 11.4 Å². The first-order valence-electron chi connectivity index (χ1n) is 8.44. The van der Waals surface area contributed by atoms with Crippen molar-refractivity contribution in [2.45, 2.75) is 33.1 Å². The summed E-state index contributed by atoms with van der Waals surface area (Å²) in [6, 6.07) is 3.66. The molecule has 128 valence electrons. The molecule has 6 heteroatoms. The van der Waals surface area contributed by atoms with Gasteiger partial charge in [-0.3, -0.25) is 4.79 Å². The van der Waals surface area contributed by atoms with Crippen LogP contribution >= 0.6 is 0 Å². The number of H-pyrrole nitrogens is 1. The van der Waals surface area contributed by atoms with Crippen LogP contribution < -0.4 is 5.56 Å². The summed E-state index contributed by atoms with van der Waals surface area (Å²) in [5.41, 5.74) is 1.16. The van der Waals surface area contributed by atoms with Crippen LogP contribution in [0.4, 0.5) is 0 Å². The van der Waals surface area contributed by atoms with E-state index in [0.717, 1.165) is 38.2 Å². The molecule has 0 unspecified atom stereocenters. The maximum atomic E-state index is 12.2. The summed E-state index contributed by atoms with van der Waals surface area (Å²) in [6.45, 7) is 5.81. The van der Waals surface area contributed by atoms with Crippen LogP contribution in [0.2, 0.25) is 0 Å². The number of aromatic amines is 1. The lowest BCUT2D eigenvalue weighted by molar-refractivity contribution is 0.0787. The largest absolute Gasteiger partial charge is 0.381 e. The average molecular weight is 329 g/mol. The molecular formula is C18H23N3O3. The van der Waals surface area contributed by atoms with Crippen molar-refractivity contribution < 1.29 is 9.26 Å². The molecule has 1 aliphatic rings. The summed E-state index contributed by atoms with van der Waals surface area (Å²) in [4.78, 5) is 19.4. The molecule has 0 amide bonds. The molecule has 0 aromatic carbocycles. The van der Waals surface area contributed by atoms with Crippen molar-refractivity contribution in [2.24, 2.45) is 11.8 Å². The second kappa shape index (κ2) is 7.57. The van der Waals surface area contributed by atoms with E-state index in [-0.39, 0.29) is 5.56 Å². The summed E-state index contributed by atoms with van der Waals surface area (Å²) in [5.74, 6) is 1.70. The van der Waals surface area contributed by atoms with Gasteiger partial charge in [-0.05, 0) is 49.3 Å². The zero-order valence-corrected chi connectivity index (χ0v) is 14.1. The molecule has 1 N–H and O–H groups in total. The molecule has 3 rings (SSSR count). The molecule has 2 aromatic rings. The van der Waals surface area contributed by atoms with Crippen LogP contribution in [0.15, 0.2) is 27.5 Å². The van der Waals surface area contributed by atoms with Gasteiger partial charge in [-0.1, -0.05) is 25.1 Å². The Morgan fingerprint density at radius 1 is 1.33 bits per heavy atom. The number of ether oxygens (including phenoxy) is 1. The predicted molar refractivity (Wildman–Crippen MR) is 91.5 cm³/mol. The topological polar surface area (TPSA) is 81.0 Å². The van der Waals surface area contributed by atoms with Gasteiger partial charge in [0.15, 0.2) is 0 Å². The second-order valence-electron chi connectivity index (χ2n) is 6.59. The van der Waals surface area contributed by atoms with Gasteiger partial charge >= 0.3 is 0 Å². The van der Waals surface area contributed by atoms with Gasteiger partial charge < -0.3 is 14.2 Å². The zero-order valence-electron chi connectivity index (χ0n) is 14.1. The Morgan fingerprint density at radius 2 is 2.12 bits per heavy atom. The molecule has 0 spiro atoms. The molecule has 0 aliphatic carbocycles. The maximum absolute atomic E-state index is 12.2. The highest BCUT2D eigenvalue weighted by Gasteiger charge is 2.13. The lowest BCUT2D eigenvalue weighted by Gasteiger charge is -2.18. The van der Waals surface area contributed by atoms with Gasteiger partial charge in [-0.2, -0.15) is 4.98 Å². The van der Waals surface area contributed by atoms with Crippen LogP contribution in [0, 0.1) is 11.8 Å². The number of hydrogen-bond acceptors (Lipinski definition) is 5. The van der Waals surface area contributed by atoms with E-state index in [1.165, 1.54) is 0 Å². The van der Waals surface area contributed by atoms with E-state index >= 15 is 0 Å². The molecule has 24 heavy (non-hydrogen) atoms. The Balaban J connectivity index is 1.73. The fraction of sp³-hybridized carbons (Fsp3) is 0.500. The van der Waals surface area contributed by atoms with Gasteiger partial charge in [0.2, 0.25) is 5.82 Å². The fourth-order valence-corrected chi connectivity index (χ4v) is 2.79. The molecule has 1 aliphatic heterocycles. The summed E-state index contributed by atoms with van der Waals surface area (Å²) in [6.07, 6.45) is 6.76. The molecule has 1 saturated heterocycles. The first kappa shape index (κ1) is 16.6. The SMILES string of the molecule is CC(C)Cc1ccc(-c2noc(/C=C/C3CCOCC3)n2)c(=O)[nH]1. The van der Waals surface area contributed by atoms with Gasteiger partial charge in [-0.25, -0.2) is 0 Å². The first-order valence-corrected chi connectivity index (χ1v) is 8.44. The molecule has 3 heterocycles. The van der Waals surface area contributed by atoms with Gasteiger partial charge in [0.1, 0.15) is 0 Å². The Morgan fingerprint density at radius 3 is 2.83 bits per heavy atom. The normalized spacial score (nSPS) is 16.3. The first-order chi connectivity index (χ1) is 11.6. The standard InChI is InChI=1S/C18H23N3O3/c1-12(2)11-14-4-5-15(18(22)19-14)17-20-16(24-21-17)6-3-13-7-9-23-10-8-13/h3-6,12-13H,7-11H2,1-2H3,(H,19,22)/b6-3+. The number of allylic oxidation sites excluding steroid dienone is 1. The van der Waals surface area contributed by atoms with E-state index in [1.54, 1.807) is 6.07 Å². The molecule has 1 fully saturated rings. The molecular weight excluding hydrogens is 306 g/mol. The van der Waals surface area contributed by atoms with Crippen LogP contribution in [0.5, 0.6) is 0 Å². The molecule has 2 aromatic heterocycles. The van der Waals surface area contributed by atoms with Crippen LogP contribution in [-0.4, -0.2) is 28.3 Å². The number of nitrogens with one attached hydrogen (secondary N) is 1. The Hall–Kier alpha value is -2.21. The Labute approximate surface area is 140 Å². The van der Waals surface area contributed by atoms with Crippen molar-refractivity contribution in [3.63, 3.8) is 0 Å². The minimum atomic E-state index is -0.186. The summed E-state index contributed by atoms with van der Waals surface area (Å²) >= 11 is 0. The summed E-state index contributed by atoms with van der Waals surface area (Å²) in [5, 5.41) is 3.92. The van der Waals surface area contributed by atoms with Crippen molar-refractivity contribution in [2.75, 3.05) is 13.2 Å². The number of rotatable bonds is 5. The summed E-state index contributed by atoms with van der Waals surface area (Å²) in [7, 11) is 0. The highest BCUT2D eigenvalue weighted by Crippen LogP contribution is 2.18. The number of hydrogen-bond donors (Lipinski definition) is 1. The lowest BCUT2D eigenvalue weighted by Crippen LogP contribution is -2.13. The minimum absolute atomic E-state index is 0.186. The third-order valence-corrected chi connectivity index (χ3v) is 4.06. The number of nitrogens with zero attached hydrogens (tertiary/aromatic N) is 2. The van der Waals surface area contributed by atoms with Gasteiger partial charge in [-0.15, -0.1) is 0 Å². The quantitative estimate of drug-likeness (QED) is 0.912. The van der Waals surface area contributed by atoms with Crippen molar-refractivity contribution >= 4 is 6.08 Å². The third kappa shape index (κ3) is 4.20. The number of pyridine rings is 1. The molecule has 0 radical (unpaired) electrons. The monoisotopic (exact) mass is 329 g/mol. The van der Waals surface area contributed by atoms with Gasteiger partial charge in [0, 0.05) is 18.9 Å². The van der Waals surface area contributed by atoms with Crippen molar-refractivity contribution in [3.8, 4) is 11.4 Å². The molecule has 0 saturated carbocycles. The van der Waals surface area contributed by atoms with E-state index < -0.39 is 0 Å². The smallest absolute Gasteiger partial charge is 0.259 e. The van der Waals surface area contributed by atoms with E-state index in [9.17, 15) is 4.79 Å². The lowest BCUT2D eigenvalue weighted by atomic mass is 10.00. The van der Waals surface area contributed by atoms with Crippen molar-refractivity contribution in [3.05, 3.63) is 40.1 Å².